The fourth-order valence-electron chi connectivity index (χ4n) is 3.26. The lowest BCUT2D eigenvalue weighted by Crippen LogP contribution is -2.41. The minimum Gasteiger partial charge on any atom is -0.483 e. The monoisotopic (exact) mass is 474 g/mol. The largest absolute Gasteiger partial charge is 0.483 e. The summed E-state index contributed by atoms with van der Waals surface area (Å²) in [6.45, 7) is 8.27. The van der Waals surface area contributed by atoms with Gasteiger partial charge in [0.05, 0.1) is 24.5 Å². The molecule has 0 spiro atoms. The molecule has 6 nitrogen and oxygen atoms in total. The van der Waals surface area contributed by atoms with Crippen LogP contribution in [0.5, 0.6) is 5.75 Å². The highest BCUT2D eigenvalue weighted by atomic mass is 79.9. The maximum absolute atomic E-state index is 12.9. The van der Waals surface area contributed by atoms with E-state index < -0.39 is 0 Å². The van der Waals surface area contributed by atoms with Crippen LogP contribution in [0.2, 0.25) is 0 Å². The van der Waals surface area contributed by atoms with Gasteiger partial charge in [0, 0.05) is 23.1 Å². The van der Waals surface area contributed by atoms with Crippen molar-refractivity contribution in [1.82, 2.24) is 4.90 Å². The van der Waals surface area contributed by atoms with E-state index in [9.17, 15) is 9.59 Å². The summed E-state index contributed by atoms with van der Waals surface area (Å²) in [6.07, 6.45) is 0. The third-order valence-electron chi connectivity index (χ3n) is 4.84. The Morgan fingerprint density at radius 3 is 2.53 bits per heavy atom. The van der Waals surface area contributed by atoms with Gasteiger partial charge < -0.3 is 19.7 Å². The van der Waals surface area contributed by atoms with E-state index in [0.29, 0.717) is 43.3 Å². The first-order valence-corrected chi connectivity index (χ1v) is 10.7. The normalized spacial score (nSPS) is 14.3. The minimum atomic E-state index is -0.319. The molecule has 0 aromatic heterocycles. The molecule has 30 heavy (non-hydrogen) atoms. The van der Waals surface area contributed by atoms with Gasteiger partial charge in [0.25, 0.3) is 11.8 Å². The molecule has 1 aliphatic heterocycles. The lowest BCUT2D eigenvalue weighted by atomic mass is 9.86. The smallest absolute Gasteiger partial charge is 0.262 e. The van der Waals surface area contributed by atoms with E-state index >= 15 is 0 Å². The standard InChI is InChI=1S/C23H27BrN2O4/c1-23(2,3)18-14-16(24)8-9-20(18)30-15-21(27)25-19-7-5-4-6-17(19)22(28)26-10-12-29-13-11-26/h4-9,14H,10-13,15H2,1-3H3,(H,25,27). The van der Waals surface area contributed by atoms with Crippen molar-refractivity contribution in [3.63, 3.8) is 0 Å². The quantitative estimate of drug-likeness (QED) is 0.703. The molecule has 160 valence electrons. The van der Waals surface area contributed by atoms with E-state index in [1.54, 1.807) is 29.2 Å². The summed E-state index contributed by atoms with van der Waals surface area (Å²) in [5.41, 5.74) is 1.82. The highest BCUT2D eigenvalue weighted by Gasteiger charge is 2.22. The average molecular weight is 475 g/mol. The third-order valence-corrected chi connectivity index (χ3v) is 5.33. The van der Waals surface area contributed by atoms with Gasteiger partial charge in [-0.05, 0) is 35.7 Å². The van der Waals surface area contributed by atoms with Gasteiger partial charge in [-0.15, -0.1) is 0 Å². The summed E-state index contributed by atoms with van der Waals surface area (Å²) in [6, 6.07) is 12.8. The van der Waals surface area contributed by atoms with Crippen molar-refractivity contribution in [2.24, 2.45) is 0 Å². The average Bonchev–Trinajstić information content (AvgIpc) is 2.72. The fraction of sp³-hybridized carbons (Fsp3) is 0.391. The first-order valence-electron chi connectivity index (χ1n) is 9.94. The van der Waals surface area contributed by atoms with Crippen molar-refractivity contribution in [1.29, 1.82) is 0 Å². The zero-order chi connectivity index (χ0) is 21.7. The molecule has 2 amide bonds. The zero-order valence-corrected chi connectivity index (χ0v) is 19.1. The van der Waals surface area contributed by atoms with E-state index in [1.807, 2.05) is 18.2 Å². The fourth-order valence-corrected chi connectivity index (χ4v) is 3.62. The molecule has 0 saturated carbocycles. The summed E-state index contributed by atoms with van der Waals surface area (Å²) in [7, 11) is 0. The van der Waals surface area contributed by atoms with Crippen LogP contribution >= 0.6 is 15.9 Å². The number of carbonyl (C=O) groups excluding carboxylic acids is 2. The minimum absolute atomic E-state index is 0.113. The Morgan fingerprint density at radius 1 is 1.13 bits per heavy atom. The lowest BCUT2D eigenvalue weighted by molar-refractivity contribution is -0.118. The highest BCUT2D eigenvalue weighted by molar-refractivity contribution is 9.10. The van der Waals surface area contributed by atoms with Gasteiger partial charge in [-0.25, -0.2) is 0 Å². The Hall–Kier alpha value is -2.38. The van der Waals surface area contributed by atoms with Crippen molar-refractivity contribution in [3.8, 4) is 5.75 Å². The molecule has 1 fully saturated rings. The molecule has 1 heterocycles. The predicted molar refractivity (Wildman–Crippen MR) is 120 cm³/mol. The molecule has 0 unspecified atom stereocenters. The number of carbonyl (C=O) groups is 2. The van der Waals surface area contributed by atoms with Crippen LogP contribution in [-0.4, -0.2) is 49.6 Å². The number of halogens is 1. The molecule has 0 bridgehead atoms. The van der Waals surface area contributed by atoms with Gasteiger partial charge in [-0.3, -0.25) is 9.59 Å². The second kappa shape index (κ2) is 9.62. The van der Waals surface area contributed by atoms with Gasteiger partial charge >= 0.3 is 0 Å². The number of rotatable bonds is 5. The van der Waals surface area contributed by atoms with Gasteiger partial charge in [0.2, 0.25) is 0 Å². The Morgan fingerprint density at radius 2 is 1.83 bits per heavy atom. The van der Waals surface area contributed by atoms with Crippen LogP contribution in [0.1, 0.15) is 36.7 Å². The van der Waals surface area contributed by atoms with Crippen molar-refractivity contribution in [2.45, 2.75) is 26.2 Å². The molecule has 7 heteroatoms. The van der Waals surface area contributed by atoms with E-state index in [-0.39, 0.29) is 23.8 Å². The van der Waals surface area contributed by atoms with Gasteiger partial charge in [-0.2, -0.15) is 0 Å². The third kappa shape index (κ3) is 5.61. The lowest BCUT2D eigenvalue weighted by Gasteiger charge is -2.27. The number of amides is 2. The van der Waals surface area contributed by atoms with Crippen LogP contribution in [0.3, 0.4) is 0 Å². The van der Waals surface area contributed by atoms with Gasteiger partial charge in [0.1, 0.15) is 5.75 Å². The second-order valence-corrected chi connectivity index (χ2v) is 9.09. The van der Waals surface area contributed by atoms with Crippen LogP contribution in [0.15, 0.2) is 46.9 Å². The molecule has 1 N–H and O–H groups in total. The van der Waals surface area contributed by atoms with Crippen LogP contribution in [0, 0.1) is 0 Å². The summed E-state index contributed by atoms with van der Waals surface area (Å²) < 4.78 is 12.1. The van der Waals surface area contributed by atoms with Crippen LogP contribution in [0.25, 0.3) is 0 Å². The molecular weight excluding hydrogens is 448 g/mol. The maximum atomic E-state index is 12.9. The van der Waals surface area contributed by atoms with Crippen molar-refractivity contribution in [3.05, 3.63) is 58.1 Å². The molecule has 3 rings (SSSR count). The van der Waals surface area contributed by atoms with Crippen LogP contribution < -0.4 is 10.1 Å². The highest BCUT2D eigenvalue weighted by Crippen LogP contribution is 2.33. The Balaban J connectivity index is 1.69. The Bertz CT molecular complexity index is 918. The first kappa shape index (κ1) is 22.3. The van der Waals surface area contributed by atoms with E-state index in [0.717, 1.165) is 10.0 Å². The molecule has 1 aliphatic rings. The topological polar surface area (TPSA) is 67.9 Å². The van der Waals surface area contributed by atoms with Crippen molar-refractivity contribution < 1.29 is 19.1 Å². The Labute approximate surface area is 185 Å². The van der Waals surface area contributed by atoms with E-state index in [1.165, 1.54) is 0 Å². The van der Waals surface area contributed by atoms with E-state index in [2.05, 4.69) is 42.0 Å². The van der Waals surface area contributed by atoms with Gasteiger partial charge in [-0.1, -0.05) is 48.8 Å². The second-order valence-electron chi connectivity index (χ2n) is 8.18. The number of ether oxygens (including phenoxy) is 2. The number of hydrogen-bond donors (Lipinski definition) is 1. The zero-order valence-electron chi connectivity index (χ0n) is 17.5. The summed E-state index contributed by atoms with van der Waals surface area (Å²) in [4.78, 5) is 27.2. The molecule has 0 aliphatic carbocycles. The number of anilines is 1. The summed E-state index contributed by atoms with van der Waals surface area (Å²) >= 11 is 3.49. The van der Waals surface area contributed by atoms with E-state index in [4.69, 9.17) is 9.47 Å². The maximum Gasteiger partial charge on any atom is 0.262 e. The van der Waals surface area contributed by atoms with Crippen molar-refractivity contribution >= 4 is 33.4 Å². The summed E-state index contributed by atoms with van der Waals surface area (Å²) in [5, 5.41) is 2.82. The molecule has 0 atom stereocenters. The number of nitrogens with one attached hydrogen (secondary N) is 1. The first-order chi connectivity index (χ1) is 14.3. The number of hydrogen-bond acceptors (Lipinski definition) is 4. The predicted octanol–water partition coefficient (Wildman–Crippen LogP) is 4.24. The molecule has 2 aromatic rings. The number of benzene rings is 2. The number of para-hydroxylation sites is 1. The number of morpholine rings is 1. The van der Waals surface area contributed by atoms with Crippen LogP contribution in [-0.2, 0) is 14.9 Å². The van der Waals surface area contributed by atoms with Gasteiger partial charge in [0.15, 0.2) is 6.61 Å². The van der Waals surface area contributed by atoms with Crippen LogP contribution in [0.4, 0.5) is 5.69 Å². The molecule has 2 aromatic carbocycles. The number of nitrogens with zero attached hydrogens (tertiary/aromatic N) is 1. The summed E-state index contributed by atoms with van der Waals surface area (Å²) in [5.74, 6) is 0.233. The SMILES string of the molecule is CC(C)(C)c1cc(Br)ccc1OCC(=O)Nc1ccccc1C(=O)N1CCOCC1. The Kier molecular flexibility index (Phi) is 7.15. The van der Waals surface area contributed by atoms with Crippen molar-refractivity contribution in [2.75, 3.05) is 38.2 Å². The molecular formula is C23H27BrN2O4. The molecule has 0 radical (unpaired) electrons. The molecule has 1 saturated heterocycles.